The van der Waals surface area contributed by atoms with Crippen LogP contribution in [0.4, 0.5) is 0 Å². The monoisotopic (exact) mass is 346 g/mol. The average Bonchev–Trinajstić information content (AvgIpc) is 2.92. The molecule has 0 spiro atoms. The Balaban J connectivity index is 2.07. The number of methoxy groups -OCH3 is 1. The number of allylic oxidation sites excluding steroid dienone is 1. The molecule has 0 saturated heterocycles. The third-order valence-corrected chi connectivity index (χ3v) is 4.45. The normalized spacial score (nSPS) is 11.2. The number of ether oxygens (including phenoxy) is 1. The van der Waals surface area contributed by atoms with Crippen LogP contribution in [0.25, 0.3) is 16.4 Å². The molecule has 0 fully saturated rings. The summed E-state index contributed by atoms with van der Waals surface area (Å²) in [6, 6.07) is 10.4. The van der Waals surface area contributed by atoms with Crippen molar-refractivity contribution in [1.82, 2.24) is 0 Å². The zero-order chi connectivity index (χ0) is 16.4. The van der Waals surface area contributed by atoms with Crippen molar-refractivity contribution in [2.75, 3.05) is 7.11 Å². The van der Waals surface area contributed by atoms with Crippen molar-refractivity contribution in [1.29, 1.82) is 0 Å². The van der Waals surface area contributed by atoms with Crippen molar-refractivity contribution in [3.8, 4) is 5.75 Å². The van der Waals surface area contributed by atoms with Crippen molar-refractivity contribution in [3.05, 3.63) is 68.4 Å². The van der Waals surface area contributed by atoms with Gasteiger partial charge in [-0.15, -0.1) is 0 Å². The first-order chi connectivity index (χ1) is 11.1. The van der Waals surface area contributed by atoms with Crippen LogP contribution in [0.1, 0.15) is 15.9 Å². The van der Waals surface area contributed by atoms with Crippen LogP contribution in [-0.4, -0.2) is 12.9 Å². The van der Waals surface area contributed by atoms with Crippen LogP contribution < -0.4 is 9.68 Å². The van der Waals surface area contributed by atoms with E-state index in [2.05, 4.69) is 0 Å². The maximum absolute atomic E-state index is 12.6. The molecule has 0 bridgehead atoms. The summed E-state index contributed by atoms with van der Waals surface area (Å²) in [5.41, 5.74) is 1.41. The van der Waals surface area contributed by atoms with E-state index >= 15 is 0 Å². The Bertz CT molecular complexity index is 968. The summed E-state index contributed by atoms with van der Waals surface area (Å²) >= 11 is 6.95. The third-order valence-electron chi connectivity index (χ3n) is 3.25. The van der Waals surface area contributed by atoms with Gasteiger partial charge >= 0.3 is 4.94 Å². The highest BCUT2D eigenvalue weighted by atomic mass is 35.5. The van der Waals surface area contributed by atoms with E-state index in [1.807, 2.05) is 12.1 Å². The van der Waals surface area contributed by atoms with Crippen LogP contribution in [0.3, 0.4) is 0 Å². The molecule has 116 valence electrons. The lowest BCUT2D eigenvalue weighted by molar-refractivity contribution is 0.104. The van der Waals surface area contributed by atoms with E-state index in [9.17, 15) is 9.59 Å². The molecule has 4 nitrogen and oxygen atoms in total. The Morgan fingerprint density at radius 1 is 1.26 bits per heavy atom. The maximum atomic E-state index is 12.6. The molecule has 0 atom stereocenters. The fourth-order valence-corrected chi connectivity index (χ4v) is 3.19. The van der Waals surface area contributed by atoms with Gasteiger partial charge in [0.2, 0.25) is 0 Å². The van der Waals surface area contributed by atoms with Gasteiger partial charge in [0, 0.05) is 5.02 Å². The first-order valence-corrected chi connectivity index (χ1v) is 7.87. The lowest BCUT2D eigenvalue weighted by Gasteiger charge is -2.05. The molecule has 1 heterocycles. The number of benzene rings is 2. The van der Waals surface area contributed by atoms with Crippen LogP contribution in [0.5, 0.6) is 5.75 Å². The molecule has 1 aromatic heterocycles. The molecule has 3 rings (SSSR count). The molecule has 23 heavy (non-hydrogen) atoms. The van der Waals surface area contributed by atoms with Gasteiger partial charge in [-0.25, -0.2) is 4.79 Å². The van der Waals surface area contributed by atoms with E-state index in [0.717, 1.165) is 16.9 Å². The molecule has 0 unspecified atom stereocenters. The van der Waals surface area contributed by atoms with Crippen LogP contribution in [0.15, 0.2) is 51.7 Å². The lowest BCUT2D eigenvalue weighted by atomic mass is 10.1. The van der Waals surface area contributed by atoms with Crippen molar-refractivity contribution in [2.24, 2.45) is 0 Å². The predicted octanol–water partition coefficient (Wildman–Crippen LogP) is 4.41. The molecular formula is C17H11ClO4S. The number of hydrogen-bond donors (Lipinski definition) is 0. The second-order valence-corrected chi connectivity index (χ2v) is 6.00. The number of hydrogen-bond acceptors (Lipinski definition) is 5. The number of fused-ring (bicyclic) bond motifs is 1. The lowest BCUT2D eigenvalue weighted by Crippen LogP contribution is -1.99. The first-order valence-electron chi connectivity index (χ1n) is 6.67. The number of carbonyl (C=O) groups excluding carboxylic acids is 1. The van der Waals surface area contributed by atoms with Gasteiger partial charge < -0.3 is 9.15 Å². The van der Waals surface area contributed by atoms with Gasteiger partial charge in [0.15, 0.2) is 11.4 Å². The van der Waals surface area contributed by atoms with E-state index in [0.29, 0.717) is 26.6 Å². The van der Waals surface area contributed by atoms with Gasteiger partial charge in [0.05, 0.1) is 17.4 Å². The highest BCUT2D eigenvalue weighted by Crippen LogP contribution is 2.31. The molecule has 0 aliphatic rings. The summed E-state index contributed by atoms with van der Waals surface area (Å²) in [5.74, 6) is 0.104. The van der Waals surface area contributed by atoms with Crippen LogP contribution in [0.2, 0.25) is 5.02 Å². The summed E-state index contributed by atoms with van der Waals surface area (Å²) in [6.45, 7) is 0. The van der Waals surface area contributed by atoms with Crippen LogP contribution >= 0.6 is 22.9 Å². The van der Waals surface area contributed by atoms with Crippen molar-refractivity contribution < 1.29 is 13.9 Å². The smallest absolute Gasteiger partial charge is 0.396 e. The van der Waals surface area contributed by atoms with Gasteiger partial charge in [0.1, 0.15) is 5.75 Å². The molecule has 3 aromatic rings. The van der Waals surface area contributed by atoms with Crippen LogP contribution in [0, 0.1) is 0 Å². The fraction of sp³-hybridized carbons (Fsp3) is 0.0588. The summed E-state index contributed by atoms with van der Waals surface area (Å²) < 4.78 is 10.8. The Morgan fingerprint density at radius 2 is 2.04 bits per heavy atom. The van der Waals surface area contributed by atoms with E-state index in [1.165, 1.54) is 13.2 Å². The average molecular weight is 347 g/mol. The summed E-state index contributed by atoms with van der Waals surface area (Å²) in [7, 11) is 1.47. The maximum Gasteiger partial charge on any atom is 0.396 e. The summed E-state index contributed by atoms with van der Waals surface area (Å²) in [4.78, 5) is 23.6. The molecule has 6 heteroatoms. The topological polar surface area (TPSA) is 56.5 Å². The number of rotatable bonds is 4. The second-order valence-electron chi connectivity index (χ2n) is 4.64. The minimum Gasteiger partial charge on any atom is -0.496 e. The van der Waals surface area contributed by atoms with E-state index < -0.39 is 4.94 Å². The first kappa shape index (κ1) is 15.5. The molecule has 0 aliphatic carbocycles. The quantitative estimate of drug-likeness (QED) is 0.518. The van der Waals surface area contributed by atoms with Crippen molar-refractivity contribution in [2.45, 2.75) is 0 Å². The zero-order valence-electron chi connectivity index (χ0n) is 12.0. The van der Waals surface area contributed by atoms with Gasteiger partial charge in [-0.05, 0) is 35.9 Å². The molecule has 0 N–H and O–H groups in total. The minimum atomic E-state index is -0.461. The SMILES string of the molecule is COc1ccc2oc(=O)sc2c1C(=O)/C=C/c1ccccc1Cl. The van der Waals surface area contributed by atoms with Crippen LogP contribution in [-0.2, 0) is 0 Å². The van der Waals surface area contributed by atoms with Gasteiger partial charge in [0.25, 0.3) is 0 Å². The number of ketones is 1. The van der Waals surface area contributed by atoms with Gasteiger partial charge in [-0.3, -0.25) is 4.79 Å². The Labute approximate surface area is 140 Å². The number of halogens is 1. The third kappa shape index (κ3) is 3.06. The summed E-state index contributed by atoms with van der Waals surface area (Å²) in [6.07, 6.45) is 3.04. The summed E-state index contributed by atoms with van der Waals surface area (Å²) in [5, 5.41) is 0.551. The molecule has 0 saturated carbocycles. The molecule has 0 amide bonds. The standard InChI is InChI=1S/C17H11ClO4S/c1-21-13-8-9-14-16(23-17(20)22-14)15(13)12(19)7-6-10-4-2-3-5-11(10)18/h2-9H,1H3/b7-6+. The zero-order valence-corrected chi connectivity index (χ0v) is 13.6. The fourth-order valence-electron chi connectivity index (χ4n) is 2.18. The Hall–Kier alpha value is -2.37. The van der Waals surface area contributed by atoms with Crippen molar-refractivity contribution in [3.63, 3.8) is 0 Å². The van der Waals surface area contributed by atoms with E-state index in [-0.39, 0.29) is 5.78 Å². The highest BCUT2D eigenvalue weighted by Gasteiger charge is 2.18. The predicted molar refractivity (Wildman–Crippen MR) is 91.7 cm³/mol. The minimum absolute atomic E-state index is 0.288. The molecule has 0 radical (unpaired) electrons. The largest absolute Gasteiger partial charge is 0.496 e. The Kier molecular flexibility index (Phi) is 4.32. The van der Waals surface area contributed by atoms with E-state index in [1.54, 1.807) is 30.3 Å². The van der Waals surface area contributed by atoms with Gasteiger partial charge in [-0.1, -0.05) is 41.1 Å². The molecular weight excluding hydrogens is 336 g/mol. The molecule has 0 aliphatic heterocycles. The Morgan fingerprint density at radius 3 is 2.78 bits per heavy atom. The van der Waals surface area contributed by atoms with Crippen molar-refractivity contribution >= 4 is 45.1 Å². The van der Waals surface area contributed by atoms with Gasteiger partial charge in [-0.2, -0.15) is 0 Å². The highest BCUT2D eigenvalue weighted by molar-refractivity contribution is 7.16. The second kappa shape index (κ2) is 6.40. The van der Waals surface area contributed by atoms with E-state index in [4.69, 9.17) is 20.8 Å². The number of carbonyl (C=O) groups is 1. The molecule has 2 aromatic carbocycles.